The molecule has 0 bridgehead atoms. The molecular formula is C19H17BrN4O. The topological polar surface area (TPSA) is 70.1 Å². The summed E-state index contributed by atoms with van der Waals surface area (Å²) in [5.74, 6) is -0.336. The van der Waals surface area contributed by atoms with Crippen molar-refractivity contribution in [2.75, 3.05) is 0 Å². The van der Waals surface area contributed by atoms with Gasteiger partial charge in [-0.2, -0.15) is 10.2 Å². The molecule has 0 saturated heterocycles. The lowest BCUT2D eigenvalue weighted by molar-refractivity contribution is 0.0950. The summed E-state index contributed by atoms with van der Waals surface area (Å²) in [5, 5.41) is 10.9. The van der Waals surface area contributed by atoms with E-state index in [0.717, 1.165) is 22.0 Å². The second-order valence-electron chi connectivity index (χ2n) is 5.47. The van der Waals surface area contributed by atoms with Gasteiger partial charge in [0.1, 0.15) is 5.69 Å². The number of amides is 1. The van der Waals surface area contributed by atoms with Gasteiger partial charge in [-0.15, -0.1) is 0 Å². The Bertz CT molecular complexity index is 883. The standard InChI is InChI=1S/C19H17BrN4O/c1-2-13-3-5-14(6-4-13)12-21-24-19(25)18-11-17(22-23-18)15-7-9-16(20)10-8-15/h3-12H,2H2,1H3,(H,22,23)(H,24,25)/b21-12+. The van der Waals surface area contributed by atoms with Crippen LogP contribution in [-0.2, 0) is 6.42 Å². The molecule has 0 saturated carbocycles. The number of hydrogen-bond acceptors (Lipinski definition) is 3. The summed E-state index contributed by atoms with van der Waals surface area (Å²) in [7, 11) is 0. The van der Waals surface area contributed by atoms with Crippen LogP contribution in [0.1, 0.15) is 28.5 Å². The van der Waals surface area contributed by atoms with E-state index in [4.69, 9.17) is 0 Å². The van der Waals surface area contributed by atoms with Gasteiger partial charge in [0.15, 0.2) is 0 Å². The molecule has 0 spiro atoms. The van der Waals surface area contributed by atoms with Crippen LogP contribution in [0, 0.1) is 0 Å². The summed E-state index contributed by atoms with van der Waals surface area (Å²) in [6.07, 6.45) is 2.61. The van der Waals surface area contributed by atoms with Crippen LogP contribution in [0.2, 0.25) is 0 Å². The third-order valence-electron chi connectivity index (χ3n) is 3.73. The lowest BCUT2D eigenvalue weighted by atomic mass is 10.1. The van der Waals surface area contributed by atoms with Gasteiger partial charge in [0.25, 0.3) is 5.91 Å². The minimum Gasteiger partial charge on any atom is -0.272 e. The number of nitrogens with zero attached hydrogens (tertiary/aromatic N) is 2. The molecule has 1 heterocycles. The molecular weight excluding hydrogens is 380 g/mol. The maximum absolute atomic E-state index is 12.1. The van der Waals surface area contributed by atoms with Gasteiger partial charge in [0.2, 0.25) is 0 Å². The number of halogens is 1. The largest absolute Gasteiger partial charge is 0.289 e. The first-order valence-electron chi connectivity index (χ1n) is 7.89. The van der Waals surface area contributed by atoms with E-state index in [9.17, 15) is 4.79 Å². The van der Waals surface area contributed by atoms with E-state index in [2.05, 4.69) is 43.6 Å². The molecule has 3 aromatic rings. The third-order valence-corrected chi connectivity index (χ3v) is 4.26. The molecule has 0 aliphatic rings. The van der Waals surface area contributed by atoms with Crippen LogP contribution >= 0.6 is 15.9 Å². The number of aromatic nitrogens is 2. The van der Waals surface area contributed by atoms with E-state index >= 15 is 0 Å². The first kappa shape index (κ1) is 17.1. The molecule has 6 heteroatoms. The Kier molecular flexibility index (Phi) is 5.40. The molecule has 126 valence electrons. The fraction of sp³-hybridized carbons (Fsp3) is 0.105. The molecule has 0 unspecified atom stereocenters. The van der Waals surface area contributed by atoms with Crippen molar-refractivity contribution < 1.29 is 4.79 Å². The third kappa shape index (κ3) is 4.42. The maximum atomic E-state index is 12.1. The molecule has 0 fully saturated rings. The SMILES string of the molecule is CCc1ccc(/C=N/NC(=O)c2cc(-c3ccc(Br)cc3)n[nH]2)cc1. The summed E-state index contributed by atoms with van der Waals surface area (Å²) in [5.41, 5.74) is 6.69. The highest BCUT2D eigenvalue weighted by Crippen LogP contribution is 2.20. The zero-order valence-corrected chi connectivity index (χ0v) is 15.2. The summed E-state index contributed by atoms with van der Waals surface area (Å²) in [6, 6.07) is 17.4. The fourth-order valence-electron chi connectivity index (χ4n) is 2.27. The van der Waals surface area contributed by atoms with E-state index in [1.165, 1.54) is 5.56 Å². The van der Waals surface area contributed by atoms with Gasteiger partial charge in [0, 0.05) is 10.0 Å². The van der Waals surface area contributed by atoms with Crippen LogP contribution in [0.25, 0.3) is 11.3 Å². The quantitative estimate of drug-likeness (QED) is 0.501. The number of carbonyl (C=O) groups is 1. The lowest BCUT2D eigenvalue weighted by Crippen LogP contribution is -2.17. The molecule has 0 aliphatic carbocycles. The Morgan fingerprint density at radius 2 is 1.92 bits per heavy atom. The first-order valence-corrected chi connectivity index (χ1v) is 8.68. The predicted octanol–water partition coefficient (Wildman–Crippen LogP) is 4.17. The van der Waals surface area contributed by atoms with E-state index in [-0.39, 0.29) is 5.91 Å². The predicted molar refractivity (Wildman–Crippen MR) is 103 cm³/mol. The Morgan fingerprint density at radius 1 is 1.20 bits per heavy atom. The van der Waals surface area contributed by atoms with Gasteiger partial charge in [0.05, 0.1) is 11.9 Å². The number of hydrazone groups is 1. The lowest BCUT2D eigenvalue weighted by Gasteiger charge is -1.98. The highest BCUT2D eigenvalue weighted by atomic mass is 79.9. The van der Waals surface area contributed by atoms with E-state index < -0.39 is 0 Å². The van der Waals surface area contributed by atoms with Crippen molar-refractivity contribution in [2.24, 2.45) is 5.10 Å². The number of hydrogen-bond donors (Lipinski definition) is 2. The second kappa shape index (κ2) is 7.90. The number of aryl methyl sites for hydroxylation is 1. The van der Waals surface area contributed by atoms with Crippen LogP contribution in [0.15, 0.2) is 64.2 Å². The molecule has 2 aromatic carbocycles. The van der Waals surface area contributed by atoms with Crippen molar-refractivity contribution in [2.45, 2.75) is 13.3 Å². The highest BCUT2D eigenvalue weighted by Gasteiger charge is 2.10. The molecule has 2 N–H and O–H groups in total. The smallest absolute Gasteiger partial charge is 0.272 e. The Labute approximate surface area is 154 Å². The summed E-state index contributed by atoms with van der Waals surface area (Å²) in [6.45, 7) is 2.11. The maximum Gasteiger partial charge on any atom is 0.289 e. The molecule has 25 heavy (non-hydrogen) atoms. The monoisotopic (exact) mass is 396 g/mol. The Balaban J connectivity index is 1.63. The average molecular weight is 397 g/mol. The normalized spacial score (nSPS) is 11.0. The van der Waals surface area contributed by atoms with Crippen molar-refractivity contribution in [1.29, 1.82) is 0 Å². The second-order valence-corrected chi connectivity index (χ2v) is 6.38. The van der Waals surface area contributed by atoms with Crippen molar-refractivity contribution >= 4 is 28.1 Å². The number of H-pyrrole nitrogens is 1. The average Bonchev–Trinajstić information content (AvgIpc) is 3.13. The van der Waals surface area contributed by atoms with Crippen LogP contribution in [-0.4, -0.2) is 22.3 Å². The van der Waals surface area contributed by atoms with Crippen LogP contribution in [0.3, 0.4) is 0 Å². The summed E-state index contributed by atoms with van der Waals surface area (Å²) < 4.78 is 0.992. The summed E-state index contributed by atoms with van der Waals surface area (Å²) >= 11 is 3.39. The Morgan fingerprint density at radius 3 is 2.60 bits per heavy atom. The zero-order valence-electron chi connectivity index (χ0n) is 13.7. The number of aromatic amines is 1. The summed E-state index contributed by atoms with van der Waals surface area (Å²) in [4.78, 5) is 12.1. The molecule has 1 aromatic heterocycles. The van der Waals surface area contributed by atoms with Gasteiger partial charge >= 0.3 is 0 Å². The number of carbonyl (C=O) groups excluding carboxylic acids is 1. The Hall–Kier alpha value is -2.73. The van der Waals surface area contributed by atoms with E-state index in [1.54, 1.807) is 12.3 Å². The number of rotatable bonds is 5. The molecule has 0 radical (unpaired) electrons. The van der Waals surface area contributed by atoms with Gasteiger partial charge < -0.3 is 0 Å². The molecule has 5 nitrogen and oxygen atoms in total. The van der Waals surface area contributed by atoms with E-state index in [0.29, 0.717) is 11.4 Å². The molecule has 0 atom stereocenters. The van der Waals surface area contributed by atoms with Gasteiger partial charge in [-0.05, 0) is 35.7 Å². The van der Waals surface area contributed by atoms with Gasteiger partial charge in [-0.25, -0.2) is 5.43 Å². The van der Waals surface area contributed by atoms with Crippen LogP contribution in [0.5, 0.6) is 0 Å². The van der Waals surface area contributed by atoms with Gasteiger partial charge in [-0.1, -0.05) is 59.3 Å². The fourth-order valence-corrected chi connectivity index (χ4v) is 2.54. The highest BCUT2D eigenvalue weighted by molar-refractivity contribution is 9.10. The molecule has 1 amide bonds. The number of benzene rings is 2. The van der Waals surface area contributed by atoms with E-state index in [1.807, 2.05) is 48.5 Å². The van der Waals surface area contributed by atoms with Crippen molar-refractivity contribution in [3.05, 3.63) is 75.9 Å². The molecule has 3 rings (SSSR count). The first-order chi connectivity index (χ1) is 12.2. The number of nitrogens with one attached hydrogen (secondary N) is 2. The van der Waals surface area contributed by atoms with Gasteiger partial charge in [-0.3, -0.25) is 9.89 Å². The minimum absolute atomic E-state index is 0.336. The minimum atomic E-state index is -0.336. The van der Waals surface area contributed by atoms with Crippen molar-refractivity contribution in [1.82, 2.24) is 15.6 Å². The van der Waals surface area contributed by atoms with Crippen LogP contribution < -0.4 is 5.43 Å². The molecule has 0 aliphatic heterocycles. The van der Waals surface area contributed by atoms with Crippen LogP contribution in [0.4, 0.5) is 0 Å². The van der Waals surface area contributed by atoms with Crippen molar-refractivity contribution in [3.8, 4) is 11.3 Å². The zero-order chi connectivity index (χ0) is 17.6. The van der Waals surface area contributed by atoms with Crippen molar-refractivity contribution in [3.63, 3.8) is 0 Å².